The minimum Gasteiger partial charge on any atom is -0.324 e. The lowest BCUT2D eigenvalue weighted by Gasteiger charge is -2.35. The third-order valence-corrected chi connectivity index (χ3v) is 5.50. The molecule has 0 amide bonds. The highest BCUT2D eigenvalue weighted by Crippen LogP contribution is 2.13. The molecule has 2 nitrogen and oxygen atoms in total. The molecule has 2 heteroatoms. The SMILES string of the molecule is CCNCCCCCCCCCCCC[N+](CC)(CC)CC. The molecule has 0 saturated heterocycles. The number of nitrogens with zero attached hydrogens (tertiary/aromatic N) is 1. The second-order valence-corrected chi connectivity index (χ2v) is 6.90. The van der Waals surface area contributed by atoms with Gasteiger partial charge in [-0.25, -0.2) is 0 Å². The zero-order chi connectivity index (χ0) is 16.5. The number of nitrogens with one attached hydrogen (secondary N) is 1. The first-order valence-corrected chi connectivity index (χ1v) is 10.3. The van der Waals surface area contributed by atoms with E-state index in [0.29, 0.717) is 0 Å². The Morgan fingerprint density at radius 1 is 0.545 bits per heavy atom. The molecule has 0 atom stereocenters. The fourth-order valence-corrected chi connectivity index (χ4v) is 3.43. The van der Waals surface area contributed by atoms with E-state index < -0.39 is 0 Å². The summed E-state index contributed by atoms with van der Waals surface area (Å²) in [7, 11) is 0. The summed E-state index contributed by atoms with van der Waals surface area (Å²) in [5.74, 6) is 0. The quantitative estimate of drug-likeness (QED) is 0.281. The number of hydrogen-bond acceptors (Lipinski definition) is 1. The molecule has 0 saturated carbocycles. The van der Waals surface area contributed by atoms with Crippen molar-refractivity contribution in [2.75, 3.05) is 39.3 Å². The summed E-state index contributed by atoms with van der Waals surface area (Å²) in [5.41, 5.74) is 0. The van der Waals surface area contributed by atoms with Crippen molar-refractivity contribution in [1.82, 2.24) is 5.32 Å². The highest BCUT2D eigenvalue weighted by molar-refractivity contribution is 4.50. The molecule has 0 unspecified atom stereocenters. The zero-order valence-corrected chi connectivity index (χ0v) is 16.3. The molecule has 0 bridgehead atoms. The molecule has 0 heterocycles. The normalized spacial score (nSPS) is 12.0. The lowest BCUT2D eigenvalue weighted by atomic mass is 10.1. The van der Waals surface area contributed by atoms with Gasteiger partial charge < -0.3 is 9.80 Å². The summed E-state index contributed by atoms with van der Waals surface area (Å²) < 4.78 is 1.33. The molecule has 0 aromatic heterocycles. The van der Waals surface area contributed by atoms with Gasteiger partial charge in [-0.05, 0) is 53.1 Å². The molecule has 0 fully saturated rings. The Morgan fingerprint density at radius 3 is 1.36 bits per heavy atom. The van der Waals surface area contributed by atoms with E-state index in [1.54, 1.807) is 0 Å². The zero-order valence-electron chi connectivity index (χ0n) is 16.3. The van der Waals surface area contributed by atoms with Crippen LogP contribution in [0.5, 0.6) is 0 Å². The van der Waals surface area contributed by atoms with Gasteiger partial charge in [-0.1, -0.05) is 51.9 Å². The van der Waals surface area contributed by atoms with Crippen molar-refractivity contribution in [3.8, 4) is 0 Å². The predicted molar refractivity (Wildman–Crippen MR) is 101 cm³/mol. The molecule has 0 aliphatic rings. The van der Waals surface area contributed by atoms with Crippen LogP contribution >= 0.6 is 0 Å². The topological polar surface area (TPSA) is 12.0 Å². The molecule has 0 radical (unpaired) electrons. The van der Waals surface area contributed by atoms with Crippen LogP contribution in [0, 0.1) is 0 Å². The Kier molecular flexibility index (Phi) is 15.7. The van der Waals surface area contributed by atoms with Gasteiger partial charge in [0.2, 0.25) is 0 Å². The van der Waals surface area contributed by atoms with Crippen LogP contribution in [-0.4, -0.2) is 43.8 Å². The van der Waals surface area contributed by atoms with Crippen molar-refractivity contribution < 1.29 is 4.48 Å². The van der Waals surface area contributed by atoms with Gasteiger partial charge in [-0.15, -0.1) is 0 Å². The molecule has 1 N–H and O–H groups in total. The van der Waals surface area contributed by atoms with Crippen molar-refractivity contribution >= 4 is 0 Å². The van der Waals surface area contributed by atoms with Crippen molar-refractivity contribution in [3.05, 3.63) is 0 Å². The van der Waals surface area contributed by atoms with Crippen LogP contribution in [-0.2, 0) is 0 Å². The van der Waals surface area contributed by atoms with E-state index in [4.69, 9.17) is 0 Å². The van der Waals surface area contributed by atoms with Gasteiger partial charge in [0.05, 0.1) is 26.2 Å². The summed E-state index contributed by atoms with van der Waals surface area (Å²) in [6.45, 7) is 16.9. The number of rotatable bonds is 17. The molecule has 0 aliphatic heterocycles. The molecule has 0 spiro atoms. The molecule has 0 aliphatic carbocycles. The van der Waals surface area contributed by atoms with E-state index in [-0.39, 0.29) is 0 Å². The van der Waals surface area contributed by atoms with Crippen molar-refractivity contribution in [2.45, 2.75) is 91.9 Å². The first-order chi connectivity index (χ1) is 10.7. The first-order valence-electron chi connectivity index (χ1n) is 10.3. The number of unbranched alkanes of at least 4 members (excludes halogenated alkanes) is 9. The monoisotopic (exact) mass is 313 g/mol. The van der Waals surface area contributed by atoms with E-state index >= 15 is 0 Å². The highest BCUT2D eigenvalue weighted by Gasteiger charge is 2.19. The van der Waals surface area contributed by atoms with Gasteiger partial charge in [0.1, 0.15) is 0 Å². The lowest BCUT2D eigenvalue weighted by Crippen LogP contribution is -2.48. The van der Waals surface area contributed by atoms with E-state index in [1.807, 2.05) is 0 Å². The average molecular weight is 314 g/mol. The van der Waals surface area contributed by atoms with Gasteiger partial charge in [0, 0.05) is 0 Å². The van der Waals surface area contributed by atoms with Crippen molar-refractivity contribution in [3.63, 3.8) is 0 Å². The minimum atomic E-state index is 1.12. The molecule has 134 valence electrons. The third kappa shape index (κ3) is 11.5. The van der Waals surface area contributed by atoms with E-state index in [1.165, 1.54) is 101 Å². The standard InChI is InChI=1S/C20H45N2/c1-5-21-19-17-15-13-11-9-10-12-14-16-18-20-22(6-2,7-3)8-4/h21H,5-20H2,1-4H3/q+1. The molecular weight excluding hydrogens is 268 g/mol. The van der Waals surface area contributed by atoms with Gasteiger partial charge >= 0.3 is 0 Å². The van der Waals surface area contributed by atoms with Crippen LogP contribution in [0.4, 0.5) is 0 Å². The third-order valence-electron chi connectivity index (χ3n) is 5.50. The van der Waals surface area contributed by atoms with Crippen LogP contribution in [0.3, 0.4) is 0 Å². The number of quaternary nitrogens is 1. The molecule has 0 aromatic rings. The molecule has 0 rings (SSSR count). The van der Waals surface area contributed by atoms with Gasteiger partial charge in [0.25, 0.3) is 0 Å². The van der Waals surface area contributed by atoms with Crippen LogP contribution in [0.25, 0.3) is 0 Å². The summed E-state index contributed by atoms with van der Waals surface area (Å²) in [4.78, 5) is 0. The molecular formula is C20H45N2+. The maximum Gasteiger partial charge on any atom is 0.0786 e. The summed E-state index contributed by atoms with van der Waals surface area (Å²) in [6.07, 6.45) is 14.4. The Hall–Kier alpha value is -0.0800. The fourth-order valence-electron chi connectivity index (χ4n) is 3.43. The number of hydrogen-bond donors (Lipinski definition) is 1. The second-order valence-electron chi connectivity index (χ2n) is 6.90. The van der Waals surface area contributed by atoms with E-state index in [9.17, 15) is 0 Å². The van der Waals surface area contributed by atoms with Crippen LogP contribution < -0.4 is 5.32 Å². The van der Waals surface area contributed by atoms with Crippen LogP contribution in [0.2, 0.25) is 0 Å². The van der Waals surface area contributed by atoms with Crippen LogP contribution in [0.15, 0.2) is 0 Å². The van der Waals surface area contributed by atoms with Gasteiger partial charge in [0.15, 0.2) is 0 Å². The Bertz CT molecular complexity index is 203. The minimum absolute atomic E-state index is 1.12. The maximum absolute atomic E-state index is 3.40. The van der Waals surface area contributed by atoms with E-state index in [0.717, 1.165) is 6.54 Å². The van der Waals surface area contributed by atoms with Crippen LogP contribution in [0.1, 0.15) is 91.9 Å². The first kappa shape index (κ1) is 21.9. The van der Waals surface area contributed by atoms with E-state index in [2.05, 4.69) is 33.0 Å². The van der Waals surface area contributed by atoms with Gasteiger partial charge in [-0.3, -0.25) is 0 Å². The van der Waals surface area contributed by atoms with Crippen molar-refractivity contribution in [1.29, 1.82) is 0 Å². The Morgan fingerprint density at radius 2 is 0.955 bits per heavy atom. The lowest BCUT2D eigenvalue weighted by molar-refractivity contribution is -0.923. The van der Waals surface area contributed by atoms with Gasteiger partial charge in [-0.2, -0.15) is 0 Å². The highest BCUT2D eigenvalue weighted by atomic mass is 15.3. The van der Waals surface area contributed by atoms with Crippen molar-refractivity contribution in [2.24, 2.45) is 0 Å². The smallest absolute Gasteiger partial charge is 0.0786 e. The summed E-state index contributed by atoms with van der Waals surface area (Å²) >= 11 is 0. The summed E-state index contributed by atoms with van der Waals surface area (Å²) in [6, 6.07) is 0. The average Bonchev–Trinajstić information content (AvgIpc) is 2.56. The Labute approximate surface area is 141 Å². The predicted octanol–water partition coefficient (Wildman–Crippen LogP) is 5.37. The molecule has 22 heavy (non-hydrogen) atoms. The fraction of sp³-hybridized carbons (Fsp3) is 1.00. The Balaban J connectivity index is 3.27. The second kappa shape index (κ2) is 15.8. The maximum atomic E-state index is 3.40. The largest absolute Gasteiger partial charge is 0.324 e. The summed E-state index contributed by atoms with van der Waals surface area (Å²) in [5, 5.41) is 3.40. The molecule has 0 aromatic carbocycles.